The molecule has 2 aromatic rings. The second kappa shape index (κ2) is 3.25. The summed E-state index contributed by atoms with van der Waals surface area (Å²) in [5.74, 6) is 0.828. The summed E-state index contributed by atoms with van der Waals surface area (Å²) in [5.41, 5.74) is 0.819. The summed E-state index contributed by atoms with van der Waals surface area (Å²) in [4.78, 5) is 15.6. The van der Waals surface area contributed by atoms with Crippen LogP contribution in [0, 0.1) is 0 Å². The second-order valence-electron chi connectivity index (χ2n) is 3.26. The van der Waals surface area contributed by atoms with E-state index in [1.165, 1.54) is 0 Å². The van der Waals surface area contributed by atoms with E-state index in [0.29, 0.717) is 5.39 Å². The Morgan fingerprint density at radius 1 is 1.36 bits per heavy atom. The van der Waals surface area contributed by atoms with Gasteiger partial charge >= 0.3 is 0 Å². The summed E-state index contributed by atoms with van der Waals surface area (Å²) >= 11 is 0. The van der Waals surface area contributed by atoms with Crippen LogP contribution in [0.1, 0.15) is 12.7 Å². The number of aryl methyl sites for hydroxylation is 2. The third-order valence-corrected chi connectivity index (χ3v) is 2.43. The zero-order valence-electron chi connectivity index (χ0n) is 8.32. The maximum atomic E-state index is 11.6. The number of aromatic nitrogens is 2. The first kappa shape index (κ1) is 8.94. The zero-order chi connectivity index (χ0) is 10.1. The lowest BCUT2D eigenvalue weighted by Crippen LogP contribution is -2.16. The maximum Gasteiger partial charge on any atom is 0.280 e. The van der Waals surface area contributed by atoms with Crippen molar-refractivity contribution < 1.29 is 0 Å². The summed E-state index contributed by atoms with van der Waals surface area (Å²) in [6, 6.07) is 7.54. The first-order valence-corrected chi connectivity index (χ1v) is 4.68. The second-order valence-corrected chi connectivity index (χ2v) is 3.26. The number of nitrogens with zero attached hydrogens (tertiary/aromatic N) is 2. The number of hydrogen-bond donors (Lipinski definition) is 0. The van der Waals surface area contributed by atoms with Crippen molar-refractivity contribution in [1.82, 2.24) is 9.55 Å². The molecule has 14 heavy (non-hydrogen) atoms. The van der Waals surface area contributed by atoms with E-state index in [1.807, 2.05) is 42.8 Å². The molecule has 3 nitrogen and oxygen atoms in total. The van der Waals surface area contributed by atoms with Crippen molar-refractivity contribution in [2.75, 3.05) is 0 Å². The molecule has 0 spiro atoms. The molecule has 0 fully saturated rings. The molecule has 0 saturated heterocycles. The molecule has 0 N–H and O–H groups in total. The first-order chi connectivity index (χ1) is 6.74. The van der Waals surface area contributed by atoms with Crippen molar-refractivity contribution in [3.05, 3.63) is 40.4 Å². The zero-order valence-corrected chi connectivity index (χ0v) is 8.32. The SMILES string of the molecule is CCc1nc(=O)c2ccccc2n1C. The molecule has 0 atom stereocenters. The minimum absolute atomic E-state index is 0.129. The van der Waals surface area contributed by atoms with Crippen molar-refractivity contribution in [2.45, 2.75) is 13.3 Å². The van der Waals surface area contributed by atoms with Crippen LogP contribution < -0.4 is 5.56 Å². The number of benzene rings is 1. The van der Waals surface area contributed by atoms with Crippen LogP contribution in [-0.4, -0.2) is 9.55 Å². The molecule has 0 aliphatic heterocycles. The van der Waals surface area contributed by atoms with Gasteiger partial charge in [-0.2, -0.15) is 4.98 Å². The molecule has 72 valence electrons. The Kier molecular flexibility index (Phi) is 2.08. The molecule has 0 radical (unpaired) electrons. The van der Waals surface area contributed by atoms with Crippen molar-refractivity contribution in [1.29, 1.82) is 0 Å². The van der Waals surface area contributed by atoms with Crippen LogP contribution in [0.2, 0.25) is 0 Å². The Balaban J connectivity index is 2.95. The van der Waals surface area contributed by atoms with Gasteiger partial charge in [0.1, 0.15) is 5.82 Å². The van der Waals surface area contributed by atoms with Gasteiger partial charge in [0.2, 0.25) is 0 Å². The molecule has 3 heteroatoms. The van der Waals surface area contributed by atoms with E-state index >= 15 is 0 Å². The minimum Gasteiger partial charge on any atom is -0.332 e. The molecule has 0 amide bonds. The molecule has 0 bridgehead atoms. The molecule has 1 aromatic heterocycles. The van der Waals surface area contributed by atoms with Crippen molar-refractivity contribution in [3.8, 4) is 0 Å². The van der Waals surface area contributed by atoms with Crippen LogP contribution in [0.5, 0.6) is 0 Å². The van der Waals surface area contributed by atoms with E-state index in [1.54, 1.807) is 0 Å². The predicted molar refractivity (Wildman–Crippen MR) is 56.4 cm³/mol. The Morgan fingerprint density at radius 2 is 2.07 bits per heavy atom. The lowest BCUT2D eigenvalue weighted by Gasteiger charge is -2.08. The average Bonchev–Trinajstić information content (AvgIpc) is 2.23. The number of hydrogen-bond acceptors (Lipinski definition) is 2. The van der Waals surface area contributed by atoms with Gasteiger partial charge in [-0.15, -0.1) is 0 Å². The molecule has 0 unspecified atom stereocenters. The van der Waals surface area contributed by atoms with E-state index in [2.05, 4.69) is 4.98 Å². The summed E-state index contributed by atoms with van der Waals surface area (Å²) in [6.07, 6.45) is 0.774. The fourth-order valence-electron chi connectivity index (χ4n) is 1.65. The van der Waals surface area contributed by atoms with Crippen LogP contribution in [-0.2, 0) is 13.5 Å². The van der Waals surface area contributed by atoms with Gasteiger partial charge in [-0.3, -0.25) is 4.79 Å². The highest BCUT2D eigenvalue weighted by molar-refractivity contribution is 5.77. The Morgan fingerprint density at radius 3 is 2.79 bits per heavy atom. The number of fused-ring (bicyclic) bond motifs is 1. The first-order valence-electron chi connectivity index (χ1n) is 4.68. The van der Waals surface area contributed by atoms with Gasteiger partial charge in [0.15, 0.2) is 0 Å². The van der Waals surface area contributed by atoms with Crippen LogP contribution in [0.15, 0.2) is 29.1 Å². The monoisotopic (exact) mass is 188 g/mol. The Labute approximate surface area is 82.0 Å². The van der Waals surface area contributed by atoms with Crippen molar-refractivity contribution in [3.63, 3.8) is 0 Å². The topological polar surface area (TPSA) is 34.9 Å². The van der Waals surface area contributed by atoms with Crippen LogP contribution in [0.3, 0.4) is 0 Å². The van der Waals surface area contributed by atoms with E-state index in [-0.39, 0.29) is 5.56 Å². The van der Waals surface area contributed by atoms with E-state index < -0.39 is 0 Å². The molecule has 0 aliphatic carbocycles. The fraction of sp³-hybridized carbons (Fsp3) is 0.273. The third-order valence-electron chi connectivity index (χ3n) is 2.43. The molecule has 2 rings (SSSR count). The number of rotatable bonds is 1. The Bertz CT molecular complexity index is 528. The van der Waals surface area contributed by atoms with Gasteiger partial charge < -0.3 is 4.57 Å². The lowest BCUT2D eigenvalue weighted by atomic mass is 10.2. The lowest BCUT2D eigenvalue weighted by molar-refractivity contribution is 0.788. The van der Waals surface area contributed by atoms with E-state index in [9.17, 15) is 4.79 Å². The quantitative estimate of drug-likeness (QED) is 0.679. The summed E-state index contributed by atoms with van der Waals surface area (Å²) in [6.45, 7) is 2.00. The number of para-hydroxylation sites is 1. The highest BCUT2D eigenvalue weighted by Crippen LogP contribution is 2.09. The summed E-state index contributed by atoms with van der Waals surface area (Å²) in [7, 11) is 1.94. The molecule has 1 aromatic carbocycles. The minimum atomic E-state index is -0.129. The largest absolute Gasteiger partial charge is 0.332 e. The highest BCUT2D eigenvalue weighted by Gasteiger charge is 2.04. The standard InChI is InChI=1S/C11H12N2O/c1-3-10-12-11(14)8-6-4-5-7-9(8)13(10)2/h4-7H,3H2,1-2H3. The maximum absolute atomic E-state index is 11.6. The van der Waals surface area contributed by atoms with Crippen molar-refractivity contribution >= 4 is 10.9 Å². The normalized spacial score (nSPS) is 10.7. The van der Waals surface area contributed by atoms with Crippen LogP contribution in [0.4, 0.5) is 0 Å². The van der Waals surface area contributed by atoms with Gasteiger partial charge in [-0.25, -0.2) is 0 Å². The van der Waals surface area contributed by atoms with Gasteiger partial charge in [0, 0.05) is 13.5 Å². The third kappa shape index (κ3) is 1.21. The van der Waals surface area contributed by atoms with Gasteiger partial charge in [0.25, 0.3) is 5.56 Å². The predicted octanol–water partition coefficient (Wildman–Crippen LogP) is 1.50. The molecular formula is C11H12N2O. The van der Waals surface area contributed by atoms with Gasteiger partial charge in [-0.1, -0.05) is 19.1 Å². The summed E-state index contributed by atoms with van der Waals surface area (Å²) < 4.78 is 1.97. The van der Waals surface area contributed by atoms with Crippen LogP contribution >= 0.6 is 0 Å². The van der Waals surface area contributed by atoms with Crippen molar-refractivity contribution in [2.24, 2.45) is 7.05 Å². The average molecular weight is 188 g/mol. The summed E-state index contributed by atoms with van der Waals surface area (Å²) in [5, 5.41) is 0.687. The van der Waals surface area contributed by atoms with Gasteiger partial charge in [-0.05, 0) is 12.1 Å². The fourth-order valence-corrected chi connectivity index (χ4v) is 1.65. The van der Waals surface area contributed by atoms with Crippen LogP contribution in [0.25, 0.3) is 10.9 Å². The molecule has 0 saturated carbocycles. The smallest absolute Gasteiger partial charge is 0.280 e. The molecular weight excluding hydrogens is 176 g/mol. The Hall–Kier alpha value is -1.64. The van der Waals surface area contributed by atoms with E-state index in [4.69, 9.17) is 0 Å². The van der Waals surface area contributed by atoms with Gasteiger partial charge in [0.05, 0.1) is 10.9 Å². The van der Waals surface area contributed by atoms with E-state index in [0.717, 1.165) is 17.8 Å². The molecule has 0 aliphatic rings. The molecule has 1 heterocycles. The highest BCUT2D eigenvalue weighted by atomic mass is 16.1.